The minimum atomic E-state index is -0.431. The van der Waals surface area contributed by atoms with Crippen LogP contribution in [0.3, 0.4) is 0 Å². The number of aliphatic hydroxyl groups is 1. The summed E-state index contributed by atoms with van der Waals surface area (Å²) in [4.78, 5) is 12.4. The fourth-order valence-electron chi connectivity index (χ4n) is 2.56. The highest BCUT2D eigenvalue weighted by Crippen LogP contribution is 2.22. The van der Waals surface area contributed by atoms with Crippen molar-refractivity contribution < 1.29 is 14.6 Å². The average molecular weight is 362 g/mol. The number of carbonyl (C=O) groups excluding carboxylic acids is 1. The minimum absolute atomic E-state index is 0.0342. The molecule has 3 aromatic rings. The molecule has 0 fully saturated rings. The zero-order valence-corrected chi connectivity index (χ0v) is 15.1. The number of anilines is 2. The molecule has 0 aliphatic rings. The first-order chi connectivity index (χ1) is 13.1. The molecule has 0 aliphatic heterocycles. The molecule has 138 valence electrons. The molecule has 0 aromatic heterocycles. The molecule has 1 atom stereocenters. The Morgan fingerprint density at radius 2 is 1.63 bits per heavy atom. The van der Waals surface area contributed by atoms with Gasteiger partial charge in [0.2, 0.25) is 5.91 Å². The molecule has 0 saturated carbocycles. The van der Waals surface area contributed by atoms with Gasteiger partial charge in [0.25, 0.3) is 0 Å². The van der Waals surface area contributed by atoms with E-state index in [-0.39, 0.29) is 12.5 Å². The summed E-state index contributed by atoms with van der Waals surface area (Å²) in [5, 5.41) is 15.2. The second kappa shape index (κ2) is 8.87. The molecule has 1 amide bonds. The number of nitrogens with one attached hydrogen (secondary N) is 2. The summed E-state index contributed by atoms with van der Waals surface area (Å²) in [6.07, 6.45) is 0. The van der Waals surface area contributed by atoms with Crippen LogP contribution < -0.4 is 15.4 Å². The van der Waals surface area contributed by atoms with Crippen molar-refractivity contribution in [3.05, 3.63) is 84.4 Å². The zero-order valence-electron chi connectivity index (χ0n) is 15.1. The third kappa shape index (κ3) is 5.33. The third-order valence-corrected chi connectivity index (χ3v) is 3.99. The smallest absolute Gasteiger partial charge is 0.246 e. The van der Waals surface area contributed by atoms with Gasteiger partial charge in [-0.15, -0.1) is 0 Å². The molecule has 0 aliphatic carbocycles. The molecule has 0 bridgehead atoms. The van der Waals surface area contributed by atoms with Crippen molar-refractivity contribution in [1.82, 2.24) is 0 Å². The Morgan fingerprint density at radius 3 is 2.33 bits per heavy atom. The normalized spacial score (nSPS) is 11.5. The van der Waals surface area contributed by atoms with Crippen molar-refractivity contribution >= 4 is 17.3 Å². The first kappa shape index (κ1) is 18.5. The third-order valence-electron chi connectivity index (χ3n) is 3.99. The maximum Gasteiger partial charge on any atom is 0.246 e. The number of benzene rings is 3. The van der Waals surface area contributed by atoms with Gasteiger partial charge in [-0.3, -0.25) is 4.79 Å². The Bertz CT molecular complexity index is 880. The molecule has 0 spiro atoms. The standard InChI is InChI=1S/C22H22N2O3/c1-16(23-19-7-5-6-17(14-19)15-25)22(26)24-18-10-12-21(13-11-18)27-20-8-3-2-4-9-20/h2-14,16,23,25H,15H2,1H3,(H,24,26)/t16-/m1/s1. The molecule has 3 rings (SSSR count). The van der Waals surface area contributed by atoms with Gasteiger partial charge < -0.3 is 20.5 Å². The van der Waals surface area contributed by atoms with E-state index in [1.807, 2.05) is 66.7 Å². The maximum atomic E-state index is 12.4. The van der Waals surface area contributed by atoms with Gasteiger partial charge in [-0.05, 0) is 61.0 Å². The molecule has 3 aromatic carbocycles. The van der Waals surface area contributed by atoms with Crippen LogP contribution in [-0.4, -0.2) is 17.1 Å². The van der Waals surface area contributed by atoms with Crippen molar-refractivity contribution in [1.29, 1.82) is 0 Å². The van der Waals surface area contributed by atoms with E-state index >= 15 is 0 Å². The molecular weight excluding hydrogens is 340 g/mol. The van der Waals surface area contributed by atoms with Crippen molar-refractivity contribution in [2.45, 2.75) is 19.6 Å². The van der Waals surface area contributed by atoms with E-state index in [9.17, 15) is 9.90 Å². The predicted octanol–water partition coefficient (Wildman–Crippen LogP) is 4.41. The van der Waals surface area contributed by atoms with Crippen LogP contribution in [0.15, 0.2) is 78.9 Å². The highest BCUT2D eigenvalue weighted by atomic mass is 16.5. The lowest BCUT2D eigenvalue weighted by molar-refractivity contribution is -0.116. The molecule has 0 unspecified atom stereocenters. The topological polar surface area (TPSA) is 70.6 Å². The van der Waals surface area contributed by atoms with Gasteiger partial charge in [0.15, 0.2) is 0 Å². The van der Waals surface area contributed by atoms with E-state index in [1.165, 1.54) is 0 Å². The van der Waals surface area contributed by atoms with Crippen LogP contribution in [0.1, 0.15) is 12.5 Å². The van der Waals surface area contributed by atoms with Gasteiger partial charge in [0.05, 0.1) is 6.61 Å². The summed E-state index contributed by atoms with van der Waals surface area (Å²) in [7, 11) is 0. The molecule has 3 N–H and O–H groups in total. The molecular formula is C22H22N2O3. The minimum Gasteiger partial charge on any atom is -0.457 e. The average Bonchev–Trinajstić information content (AvgIpc) is 2.70. The largest absolute Gasteiger partial charge is 0.457 e. The zero-order chi connectivity index (χ0) is 19.1. The summed E-state index contributed by atoms with van der Waals surface area (Å²) in [5.74, 6) is 1.31. The van der Waals surface area contributed by atoms with Crippen LogP contribution in [-0.2, 0) is 11.4 Å². The molecule has 0 heterocycles. The van der Waals surface area contributed by atoms with Crippen LogP contribution in [0.2, 0.25) is 0 Å². The maximum absolute atomic E-state index is 12.4. The summed E-state index contributed by atoms with van der Waals surface area (Å²) in [6.45, 7) is 1.75. The fourth-order valence-corrected chi connectivity index (χ4v) is 2.56. The number of hydrogen-bond acceptors (Lipinski definition) is 4. The van der Waals surface area contributed by atoms with Crippen LogP contribution in [0.25, 0.3) is 0 Å². The van der Waals surface area contributed by atoms with E-state index in [4.69, 9.17) is 4.74 Å². The lowest BCUT2D eigenvalue weighted by atomic mass is 10.2. The van der Waals surface area contributed by atoms with Gasteiger partial charge in [-0.1, -0.05) is 30.3 Å². The number of rotatable bonds is 7. The number of carbonyl (C=O) groups is 1. The van der Waals surface area contributed by atoms with Gasteiger partial charge in [0.1, 0.15) is 17.5 Å². The van der Waals surface area contributed by atoms with Crippen LogP contribution >= 0.6 is 0 Å². The first-order valence-corrected chi connectivity index (χ1v) is 8.74. The monoisotopic (exact) mass is 362 g/mol. The quantitative estimate of drug-likeness (QED) is 0.582. The number of amides is 1. The molecule has 5 heteroatoms. The summed E-state index contributed by atoms with van der Waals surface area (Å²) in [6, 6.07) is 23.7. The van der Waals surface area contributed by atoms with Crippen LogP contribution in [0.5, 0.6) is 11.5 Å². The molecule has 0 saturated heterocycles. The Kier molecular flexibility index (Phi) is 6.07. The Morgan fingerprint density at radius 1 is 0.926 bits per heavy atom. The molecule has 27 heavy (non-hydrogen) atoms. The van der Waals surface area contributed by atoms with Crippen molar-refractivity contribution in [3.8, 4) is 11.5 Å². The van der Waals surface area contributed by atoms with E-state index < -0.39 is 6.04 Å². The van der Waals surface area contributed by atoms with Gasteiger partial charge in [-0.2, -0.15) is 0 Å². The highest BCUT2D eigenvalue weighted by molar-refractivity contribution is 5.96. The highest BCUT2D eigenvalue weighted by Gasteiger charge is 2.13. The Hall–Kier alpha value is -3.31. The van der Waals surface area contributed by atoms with Crippen molar-refractivity contribution in [2.75, 3.05) is 10.6 Å². The Balaban J connectivity index is 1.56. The van der Waals surface area contributed by atoms with Crippen LogP contribution in [0.4, 0.5) is 11.4 Å². The van der Waals surface area contributed by atoms with Gasteiger partial charge in [-0.25, -0.2) is 0 Å². The summed E-state index contributed by atoms with van der Waals surface area (Å²) < 4.78 is 5.74. The number of hydrogen-bond donors (Lipinski definition) is 3. The fraction of sp³-hybridized carbons (Fsp3) is 0.136. The van der Waals surface area contributed by atoms with Gasteiger partial charge in [0, 0.05) is 11.4 Å². The number of para-hydroxylation sites is 1. The summed E-state index contributed by atoms with van der Waals surface area (Å²) >= 11 is 0. The predicted molar refractivity (Wildman–Crippen MR) is 107 cm³/mol. The lowest BCUT2D eigenvalue weighted by Crippen LogP contribution is -2.31. The second-order valence-electron chi connectivity index (χ2n) is 6.15. The van der Waals surface area contributed by atoms with Gasteiger partial charge >= 0.3 is 0 Å². The number of aliphatic hydroxyl groups excluding tert-OH is 1. The van der Waals surface area contributed by atoms with E-state index in [0.29, 0.717) is 11.4 Å². The first-order valence-electron chi connectivity index (χ1n) is 8.74. The number of ether oxygens (including phenoxy) is 1. The summed E-state index contributed by atoms with van der Waals surface area (Å²) in [5.41, 5.74) is 2.27. The Labute approximate surface area is 158 Å². The van der Waals surface area contributed by atoms with E-state index in [2.05, 4.69) is 10.6 Å². The van der Waals surface area contributed by atoms with Crippen molar-refractivity contribution in [3.63, 3.8) is 0 Å². The second-order valence-corrected chi connectivity index (χ2v) is 6.15. The van der Waals surface area contributed by atoms with Crippen molar-refractivity contribution in [2.24, 2.45) is 0 Å². The lowest BCUT2D eigenvalue weighted by Gasteiger charge is -2.16. The molecule has 0 radical (unpaired) electrons. The van der Waals surface area contributed by atoms with Crippen LogP contribution in [0, 0.1) is 0 Å². The molecule has 5 nitrogen and oxygen atoms in total. The van der Waals surface area contributed by atoms with E-state index in [0.717, 1.165) is 17.0 Å². The SMILES string of the molecule is C[C@@H](Nc1cccc(CO)c1)C(=O)Nc1ccc(Oc2ccccc2)cc1. The van der Waals surface area contributed by atoms with E-state index in [1.54, 1.807) is 19.1 Å².